The third-order valence-electron chi connectivity index (χ3n) is 2.29. The van der Waals surface area contributed by atoms with E-state index >= 15 is 0 Å². The second-order valence-electron chi connectivity index (χ2n) is 3.23. The number of likely N-dealkylation sites (N-methyl/N-ethyl adjacent to an activating group) is 1. The molecule has 13 heavy (non-hydrogen) atoms. The summed E-state index contributed by atoms with van der Waals surface area (Å²) in [5.74, 6) is -0.0995. The quantitative estimate of drug-likeness (QED) is 0.625. The highest BCUT2D eigenvalue weighted by molar-refractivity contribution is 5.86. The molecule has 0 fully saturated rings. The van der Waals surface area contributed by atoms with Crippen LogP contribution in [0, 0.1) is 0 Å². The summed E-state index contributed by atoms with van der Waals surface area (Å²) in [5.41, 5.74) is 0. The van der Waals surface area contributed by atoms with E-state index in [1.54, 1.807) is 0 Å². The van der Waals surface area contributed by atoms with Crippen LogP contribution in [0.15, 0.2) is 12.7 Å². The maximum atomic E-state index is 10.8. The van der Waals surface area contributed by atoms with Crippen LogP contribution >= 0.6 is 0 Å². The van der Waals surface area contributed by atoms with Gasteiger partial charge in [0.05, 0.1) is 0 Å². The Morgan fingerprint density at radius 2 is 2.31 bits per heavy atom. The van der Waals surface area contributed by atoms with Crippen LogP contribution in [0.2, 0.25) is 0 Å². The first-order valence-corrected chi connectivity index (χ1v) is 4.72. The van der Waals surface area contributed by atoms with Gasteiger partial charge in [-0.25, -0.2) is 0 Å². The summed E-state index contributed by atoms with van der Waals surface area (Å²) in [6.07, 6.45) is 2.43. The molecular weight excluding hydrogens is 164 g/mol. The molecule has 0 aliphatic heterocycles. The number of amides is 1. The smallest absolute Gasteiger partial charge is 0.243 e. The molecule has 0 aromatic rings. The Labute approximate surface area is 80.8 Å². The van der Waals surface area contributed by atoms with Gasteiger partial charge in [-0.2, -0.15) is 0 Å². The van der Waals surface area contributed by atoms with Crippen LogP contribution in [0.3, 0.4) is 0 Å². The minimum atomic E-state index is -0.0995. The van der Waals surface area contributed by atoms with E-state index in [0.717, 1.165) is 13.0 Å². The van der Waals surface area contributed by atoms with Crippen LogP contribution in [-0.4, -0.2) is 37.0 Å². The fourth-order valence-electron chi connectivity index (χ4n) is 0.960. The summed E-state index contributed by atoms with van der Waals surface area (Å²) in [6.45, 7) is 9.29. The summed E-state index contributed by atoms with van der Waals surface area (Å²) < 4.78 is 0. The minimum absolute atomic E-state index is 0.0995. The fraction of sp³-hybridized carbons (Fsp3) is 0.700. The first-order chi connectivity index (χ1) is 6.11. The van der Waals surface area contributed by atoms with E-state index in [1.807, 2.05) is 0 Å². The molecule has 3 nitrogen and oxygen atoms in total. The number of carbonyl (C=O) groups is 1. The molecule has 0 heterocycles. The van der Waals surface area contributed by atoms with Gasteiger partial charge in [0.15, 0.2) is 0 Å². The summed E-state index contributed by atoms with van der Waals surface area (Å²) in [6, 6.07) is 0.570. The van der Waals surface area contributed by atoms with E-state index in [1.165, 1.54) is 6.08 Å². The van der Waals surface area contributed by atoms with Gasteiger partial charge in [-0.1, -0.05) is 13.5 Å². The standard InChI is InChI=1S/C10H20N2O/c1-5-9(3)12(4)8-7-11-10(13)6-2/h6,9H,2,5,7-8H2,1,3-4H3,(H,11,13). The molecule has 3 heteroatoms. The van der Waals surface area contributed by atoms with Gasteiger partial charge >= 0.3 is 0 Å². The number of hydrogen-bond acceptors (Lipinski definition) is 2. The summed E-state index contributed by atoms with van der Waals surface area (Å²) >= 11 is 0. The average Bonchev–Trinajstić information content (AvgIpc) is 2.15. The third-order valence-corrected chi connectivity index (χ3v) is 2.29. The Morgan fingerprint density at radius 3 is 2.77 bits per heavy atom. The van der Waals surface area contributed by atoms with E-state index in [4.69, 9.17) is 0 Å². The normalized spacial score (nSPS) is 12.6. The Balaban J connectivity index is 3.52. The van der Waals surface area contributed by atoms with E-state index in [0.29, 0.717) is 12.6 Å². The SMILES string of the molecule is C=CC(=O)NCCN(C)C(C)CC. The first kappa shape index (κ1) is 12.2. The van der Waals surface area contributed by atoms with E-state index in [-0.39, 0.29) is 5.91 Å². The third kappa shape index (κ3) is 5.42. The van der Waals surface area contributed by atoms with E-state index in [2.05, 4.69) is 37.7 Å². The van der Waals surface area contributed by atoms with Gasteiger partial charge in [-0.05, 0) is 26.5 Å². The van der Waals surface area contributed by atoms with Crippen LogP contribution < -0.4 is 5.32 Å². The zero-order chi connectivity index (χ0) is 10.3. The van der Waals surface area contributed by atoms with Gasteiger partial charge < -0.3 is 10.2 Å². The second-order valence-corrected chi connectivity index (χ2v) is 3.23. The van der Waals surface area contributed by atoms with Crippen LogP contribution in [0.1, 0.15) is 20.3 Å². The lowest BCUT2D eigenvalue weighted by Crippen LogP contribution is -2.36. The second kappa shape index (κ2) is 6.66. The van der Waals surface area contributed by atoms with Gasteiger partial charge in [0.1, 0.15) is 0 Å². The molecule has 0 aromatic heterocycles. The van der Waals surface area contributed by atoms with Crippen LogP contribution in [-0.2, 0) is 4.79 Å². The first-order valence-electron chi connectivity index (χ1n) is 4.72. The average molecular weight is 184 g/mol. The molecule has 1 unspecified atom stereocenters. The lowest BCUT2D eigenvalue weighted by atomic mass is 10.2. The van der Waals surface area contributed by atoms with Crippen molar-refractivity contribution in [3.8, 4) is 0 Å². The molecule has 1 amide bonds. The molecule has 0 bridgehead atoms. The monoisotopic (exact) mass is 184 g/mol. The van der Waals surface area contributed by atoms with Crippen LogP contribution in [0.25, 0.3) is 0 Å². The number of nitrogens with zero attached hydrogens (tertiary/aromatic N) is 1. The van der Waals surface area contributed by atoms with Gasteiger partial charge in [0.25, 0.3) is 0 Å². The van der Waals surface area contributed by atoms with Crippen LogP contribution in [0.5, 0.6) is 0 Å². The lowest BCUT2D eigenvalue weighted by Gasteiger charge is -2.23. The maximum Gasteiger partial charge on any atom is 0.243 e. The Bertz CT molecular complexity index is 168. The summed E-state index contributed by atoms with van der Waals surface area (Å²) in [4.78, 5) is 13.0. The molecule has 0 saturated heterocycles. The predicted molar refractivity (Wildman–Crippen MR) is 55.6 cm³/mol. The highest BCUT2D eigenvalue weighted by Gasteiger charge is 2.05. The van der Waals surface area contributed by atoms with Crippen molar-refractivity contribution in [3.63, 3.8) is 0 Å². The highest BCUT2D eigenvalue weighted by Crippen LogP contribution is 1.97. The lowest BCUT2D eigenvalue weighted by molar-refractivity contribution is -0.116. The number of carbonyl (C=O) groups excluding carboxylic acids is 1. The molecular formula is C10H20N2O. The number of nitrogens with one attached hydrogen (secondary N) is 1. The molecule has 0 spiro atoms. The van der Waals surface area contributed by atoms with E-state index < -0.39 is 0 Å². The Hall–Kier alpha value is -0.830. The molecule has 0 saturated carbocycles. The Kier molecular flexibility index (Phi) is 6.24. The molecule has 1 atom stereocenters. The largest absolute Gasteiger partial charge is 0.351 e. The van der Waals surface area contributed by atoms with Crippen molar-refractivity contribution in [2.45, 2.75) is 26.3 Å². The molecule has 0 aromatic carbocycles. The van der Waals surface area contributed by atoms with Gasteiger partial charge in [0, 0.05) is 19.1 Å². The van der Waals surface area contributed by atoms with Crippen molar-refractivity contribution >= 4 is 5.91 Å². The van der Waals surface area contributed by atoms with Gasteiger partial charge in [-0.15, -0.1) is 0 Å². The van der Waals surface area contributed by atoms with Crippen molar-refractivity contribution in [2.75, 3.05) is 20.1 Å². The van der Waals surface area contributed by atoms with Crippen molar-refractivity contribution in [1.82, 2.24) is 10.2 Å². The zero-order valence-corrected chi connectivity index (χ0v) is 8.84. The van der Waals surface area contributed by atoms with Gasteiger partial charge in [0.2, 0.25) is 5.91 Å². The predicted octanol–water partition coefficient (Wildman–Crippen LogP) is 1.02. The van der Waals surface area contributed by atoms with Crippen molar-refractivity contribution in [2.24, 2.45) is 0 Å². The Morgan fingerprint density at radius 1 is 1.69 bits per heavy atom. The molecule has 1 N–H and O–H groups in total. The minimum Gasteiger partial charge on any atom is -0.351 e. The number of hydrogen-bond donors (Lipinski definition) is 1. The zero-order valence-electron chi connectivity index (χ0n) is 8.84. The molecule has 76 valence electrons. The highest BCUT2D eigenvalue weighted by atomic mass is 16.1. The van der Waals surface area contributed by atoms with E-state index in [9.17, 15) is 4.79 Å². The molecule has 0 rings (SSSR count). The summed E-state index contributed by atoms with van der Waals surface area (Å²) in [7, 11) is 2.06. The summed E-state index contributed by atoms with van der Waals surface area (Å²) in [5, 5.41) is 2.74. The molecule has 0 radical (unpaired) electrons. The van der Waals surface area contributed by atoms with Crippen LogP contribution in [0.4, 0.5) is 0 Å². The van der Waals surface area contributed by atoms with Gasteiger partial charge in [-0.3, -0.25) is 4.79 Å². The fourth-order valence-corrected chi connectivity index (χ4v) is 0.960. The van der Waals surface area contributed by atoms with Crippen molar-refractivity contribution in [1.29, 1.82) is 0 Å². The van der Waals surface area contributed by atoms with Crippen molar-refractivity contribution < 1.29 is 4.79 Å². The maximum absolute atomic E-state index is 10.8. The van der Waals surface area contributed by atoms with Crippen molar-refractivity contribution in [3.05, 3.63) is 12.7 Å². The topological polar surface area (TPSA) is 32.3 Å². The molecule has 0 aliphatic rings. The molecule has 0 aliphatic carbocycles. The number of rotatable bonds is 6.